The zero-order valence-electron chi connectivity index (χ0n) is 16.2. The number of cyclic esters (lactones) is 1. The maximum Gasteiger partial charge on any atom is 0.414 e. The fourth-order valence-corrected chi connectivity index (χ4v) is 3.12. The predicted molar refractivity (Wildman–Crippen MR) is 101 cm³/mol. The molecule has 1 fully saturated rings. The van der Waals surface area contributed by atoms with Crippen molar-refractivity contribution in [2.75, 3.05) is 29.9 Å². The van der Waals surface area contributed by atoms with Gasteiger partial charge in [-0.15, -0.1) is 0 Å². The molecule has 2 aromatic carbocycles. The van der Waals surface area contributed by atoms with Gasteiger partial charge in [0, 0.05) is 38.2 Å². The Morgan fingerprint density at radius 1 is 1.17 bits per heavy atom. The third-order valence-corrected chi connectivity index (χ3v) is 4.61. The van der Waals surface area contributed by atoms with Gasteiger partial charge in [-0.1, -0.05) is 0 Å². The first-order valence-corrected chi connectivity index (χ1v) is 9.02. The lowest BCUT2D eigenvalue weighted by molar-refractivity contribution is -0.119. The van der Waals surface area contributed by atoms with Crippen molar-refractivity contribution in [1.82, 2.24) is 5.32 Å². The highest BCUT2D eigenvalue weighted by atomic mass is 19.1. The number of halogens is 4. The number of hydrogen-bond acceptors (Lipinski definition) is 4. The van der Waals surface area contributed by atoms with Crippen LogP contribution in [0.2, 0.25) is 0 Å². The minimum atomic E-state index is -1.07. The first-order chi connectivity index (χ1) is 14.2. The summed E-state index contributed by atoms with van der Waals surface area (Å²) < 4.78 is 60.6. The van der Waals surface area contributed by atoms with Crippen molar-refractivity contribution >= 4 is 23.4 Å². The summed E-state index contributed by atoms with van der Waals surface area (Å²) in [5, 5.41) is 2.54. The van der Waals surface area contributed by atoms with Crippen LogP contribution < -0.4 is 15.1 Å². The fraction of sp³-hybridized carbons (Fsp3) is 0.300. The van der Waals surface area contributed by atoms with Gasteiger partial charge in [-0.2, -0.15) is 0 Å². The van der Waals surface area contributed by atoms with E-state index < -0.39 is 41.0 Å². The van der Waals surface area contributed by atoms with Crippen molar-refractivity contribution < 1.29 is 31.9 Å². The van der Waals surface area contributed by atoms with Crippen LogP contribution in [0.15, 0.2) is 30.3 Å². The molecule has 2 amide bonds. The molecule has 1 atom stereocenters. The van der Waals surface area contributed by atoms with Crippen molar-refractivity contribution in [3.05, 3.63) is 59.2 Å². The molecule has 0 spiro atoms. The Hall–Kier alpha value is -3.30. The molecule has 3 rings (SSSR count). The van der Waals surface area contributed by atoms with Gasteiger partial charge < -0.3 is 15.0 Å². The molecule has 0 unspecified atom stereocenters. The Kier molecular flexibility index (Phi) is 6.14. The number of rotatable bonds is 6. The molecule has 0 aromatic heterocycles. The van der Waals surface area contributed by atoms with E-state index in [4.69, 9.17) is 4.74 Å². The summed E-state index contributed by atoms with van der Waals surface area (Å²) in [4.78, 5) is 25.5. The lowest BCUT2D eigenvalue weighted by Gasteiger charge is -2.22. The summed E-state index contributed by atoms with van der Waals surface area (Å²) >= 11 is 0. The van der Waals surface area contributed by atoms with Crippen LogP contribution in [0.4, 0.5) is 33.7 Å². The zero-order chi connectivity index (χ0) is 22.0. The van der Waals surface area contributed by atoms with Crippen molar-refractivity contribution in [3.63, 3.8) is 0 Å². The monoisotopic (exact) mass is 425 g/mol. The first-order valence-electron chi connectivity index (χ1n) is 9.02. The number of carbonyl (C=O) groups is 2. The van der Waals surface area contributed by atoms with Crippen LogP contribution in [0.25, 0.3) is 0 Å². The number of nitrogens with zero attached hydrogens (tertiary/aromatic N) is 2. The zero-order valence-corrected chi connectivity index (χ0v) is 16.2. The maximum absolute atomic E-state index is 14.7. The number of amides is 2. The number of anilines is 2. The van der Waals surface area contributed by atoms with Gasteiger partial charge in [-0.25, -0.2) is 22.4 Å². The van der Waals surface area contributed by atoms with Gasteiger partial charge in [0.25, 0.3) is 0 Å². The van der Waals surface area contributed by atoms with Crippen LogP contribution >= 0.6 is 0 Å². The molecule has 0 bridgehead atoms. The van der Waals surface area contributed by atoms with E-state index in [1.165, 1.54) is 35.9 Å². The molecule has 6 nitrogen and oxygen atoms in total. The van der Waals surface area contributed by atoms with Crippen molar-refractivity contribution in [3.8, 4) is 0 Å². The first kappa shape index (κ1) is 21.4. The minimum Gasteiger partial charge on any atom is -0.442 e. The molecule has 1 heterocycles. The lowest BCUT2D eigenvalue weighted by Crippen LogP contribution is -2.33. The molecule has 2 aromatic rings. The topological polar surface area (TPSA) is 61.9 Å². The molecule has 0 aliphatic carbocycles. The van der Waals surface area contributed by atoms with Gasteiger partial charge in [0.15, 0.2) is 0 Å². The molecular formula is C20H19F4N3O3. The van der Waals surface area contributed by atoms with Crippen LogP contribution in [0.5, 0.6) is 0 Å². The Morgan fingerprint density at radius 3 is 2.43 bits per heavy atom. The largest absolute Gasteiger partial charge is 0.442 e. The molecule has 10 heteroatoms. The summed E-state index contributed by atoms with van der Waals surface area (Å²) in [5.74, 6) is -4.17. The fourth-order valence-electron chi connectivity index (χ4n) is 3.12. The van der Waals surface area contributed by atoms with Crippen LogP contribution in [-0.4, -0.2) is 38.2 Å². The molecular weight excluding hydrogens is 406 g/mol. The van der Waals surface area contributed by atoms with Crippen LogP contribution in [0, 0.1) is 23.3 Å². The van der Waals surface area contributed by atoms with E-state index in [9.17, 15) is 27.2 Å². The van der Waals surface area contributed by atoms with E-state index in [0.717, 1.165) is 6.07 Å². The summed E-state index contributed by atoms with van der Waals surface area (Å²) in [6, 6.07) is 5.04. The second-order valence-electron chi connectivity index (χ2n) is 6.89. The van der Waals surface area contributed by atoms with Gasteiger partial charge in [-0.3, -0.25) is 9.69 Å². The predicted octanol–water partition coefficient (Wildman–Crippen LogP) is 3.34. The SMILES string of the molecule is CC(=O)NC[C@H]1CN(c2ccc(N(C)Cc3c(F)cc(F)cc3F)c(F)c2)C(=O)O1. The van der Waals surface area contributed by atoms with E-state index >= 15 is 0 Å². The number of benzene rings is 2. The van der Waals surface area contributed by atoms with Crippen molar-refractivity contribution in [1.29, 1.82) is 0 Å². The van der Waals surface area contributed by atoms with Crippen molar-refractivity contribution in [2.24, 2.45) is 0 Å². The third kappa shape index (κ3) is 4.64. The number of carbonyl (C=O) groups excluding carboxylic acids is 2. The average Bonchev–Trinajstić information content (AvgIpc) is 3.03. The van der Waals surface area contributed by atoms with Crippen LogP contribution in [-0.2, 0) is 16.1 Å². The maximum atomic E-state index is 14.7. The molecule has 1 aliphatic heterocycles. The van der Waals surface area contributed by atoms with E-state index in [0.29, 0.717) is 12.1 Å². The normalized spacial score (nSPS) is 15.9. The Bertz CT molecular complexity index is 963. The summed E-state index contributed by atoms with van der Waals surface area (Å²) in [5.41, 5.74) is -0.130. The molecule has 0 saturated carbocycles. The minimum absolute atomic E-state index is 0.0317. The van der Waals surface area contributed by atoms with E-state index in [1.807, 2.05) is 0 Å². The number of nitrogens with one attached hydrogen (secondary N) is 1. The standard InChI is InChI=1S/C20H19F4N3O3/c1-11(28)25-8-14-9-27(20(29)30-14)13-3-4-19(18(24)7-13)26(2)10-15-16(22)5-12(21)6-17(15)23/h3-7,14H,8-10H2,1-2H3,(H,25,28)/t14-/m0/s1. The van der Waals surface area contributed by atoms with E-state index in [-0.39, 0.29) is 36.9 Å². The molecule has 1 saturated heterocycles. The summed E-state index contributed by atoms with van der Waals surface area (Å²) in [6.45, 7) is 1.26. The van der Waals surface area contributed by atoms with E-state index in [1.54, 1.807) is 0 Å². The third-order valence-electron chi connectivity index (χ3n) is 4.61. The highest BCUT2D eigenvalue weighted by molar-refractivity contribution is 5.90. The molecule has 0 radical (unpaired) electrons. The van der Waals surface area contributed by atoms with Crippen molar-refractivity contribution in [2.45, 2.75) is 19.6 Å². The molecule has 1 N–H and O–H groups in total. The van der Waals surface area contributed by atoms with Gasteiger partial charge in [0.1, 0.15) is 29.4 Å². The Balaban J connectivity index is 1.74. The highest BCUT2D eigenvalue weighted by Crippen LogP contribution is 2.29. The van der Waals surface area contributed by atoms with Gasteiger partial charge in [0.05, 0.1) is 24.5 Å². The van der Waals surface area contributed by atoms with Crippen LogP contribution in [0.3, 0.4) is 0 Å². The van der Waals surface area contributed by atoms with Crippen LogP contribution in [0.1, 0.15) is 12.5 Å². The quantitative estimate of drug-likeness (QED) is 0.722. The number of ether oxygens (including phenoxy) is 1. The second kappa shape index (κ2) is 8.60. The lowest BCUT2D eigenvalue weighted by atomic mass is 10.1. The smallest absolute Gasteiger partial charge is 0.414 e. The number of hydrogen-bond donors (Lipinski definition) is 1. The van der Waals surface area contributed by atoms with Gasteiger partial charge >= 0.3 is 6.09 Å². The molecule has 160 valence electrons. The van der Waals surface area contributed by atoms with Gasteiger partial charge in [-0.05, 0) is 18.2 Å². The highest BCUT2D eigenvalue weighted by Gasteiger charge is 2.32. The average molecular weight is 425 g/mol. The molecule has 30 heavy (non-hydrogen) atoms. The molecule has 1 aliphatic rings. The second-order valence-corrected chi connectivity index (χ2v) is 6.89. The van der Waals surface area contributed by atoms with Gasteiger partial charge in [0.2, 0.25) is 5.91 Å². The Labute approximate surface area is 170 Å². The Morgan fingerprint density at radius 2 is 1.83 bits per heavy atom. The summed E-state index contributed by atoms with van der Waals surface area (Å²) in [7, 11) is 1.42. The van der Waals surface area contributed by atoms with E-state index in [2.05, 4.69) is 5.32 Å². The summed E-state index contributed by atoms with van der Waals surface area (Å²) in [6.07, 6.45) is -1.25.